The fourth-order valence-electron chi connectivity index (χ4n) is 3.93. The third kappa shape index (κ3) is 7.41. The SMILES string of the molecule is C[C@@H]1CN(Cc2ccc(F)cc2)[C@@H](C)CN1C(=O)COc1ccc(Cl)cc1S(=O)(=O)NC(=O)C(C)(C)O. The van der Waals surface area contributed by atoms with Crippen molar-refractivity contribution < 1.29 is 32.2 Å². The van der Waals surface area contributed by atoms with E-state index in [1.165, 1.54) is 24.3 Å². The third-order valence-corrected chi connectivity index (χ3v) is 7.65. The average molecular weight is 556 g/mol. The number of benzene rings is 2. The summed E-state index contributed by atoms with van der Waals surface area (Å²) in [6, 6.07) is 9.98. The summed E-state index contributed by atoms with van der Waals surface area (Å²) in [5.41, 5.74) is -0.967. The Kier molecular flexibility index (Phi) is 8.84. The van der Waals surface area contributed by atoms with Crippen LogP contribution in [0.3, 0.4) is 0 Å². The molecule has 1 heterocycles. The van der Waals surface area contributed by atoms with Crippen LogP contribution in [-0.4, -0.2) is 72.5 Å². The van der Waals surface area contributed by atoms with E-state index in [0.29, 0.717) is 19.6 Å². The monoisotopic (exact) mass is 555 g/mol. The first-order valence-corrected chi connectivity index (χ1v) is 13.5. The van der Waals surface area contributed by atoms with Crippen LogP contribution in [0, 0.1) is 5.82 Å². The highest BCUT2D eigenvalue weighted by Gasteiger charge is 2.33. The molecule has 2 aromatic rings. The average Bonchev–Trinajstić information content (AvgIpc) is 2.80. The Morgan fingerprint density at radius 3 is 2.41 bits per heavy atom. The molecule has 1 saturated heterocycles. The maximum atomic E-state index is 13.2. The summed E-state index contributed by atoms with van der Waals surface area (Å²) in [5, 5.41) is 9.87. The Labute approximate surface area is 221 Å². The smallest absolute Gasteiger partial charge is 0.267 e. The fraction of sp³-hybridized carbons (Fsp3) is 0.440. The first kappa shape index (κ1) is 28.8. The van der Waals surface area contributed by atoms with Crippen LogP contribution in [0.2, 0.25) is 5.02 Å². The zero-order valence-electron chi connectivity index (χ0n) is 21.1. The molecule has 1 aliphatic rings. The molecule has 0 aromatic heterocycles. The first-order chi connectivity index (χ1) is 17.2. The Morgan fingerprint density at radius 2 is 1.78 bits per heavy atom. The zero-order chi connectivity index (χ0) is 27.5. The molecule has 1 aliphatic heterocycles. The van der Waals surface area contributed by atoms with E-state index >= 15 is 0 Å². The lowest BCUT2D eigenvalue weighted by Gasteiger charge is -2.44. The fourth-order valence-corrected chi connectivity index (χ4v) is 5.44. The van der Waals surface area contributed by atoms with Gasteiger partial charge in [-0.1, -0.05) is 23.7 Å². The Bertz CT molecular complexity index is 1250. The van der Waals surface area contributed by atoms with Gasteiger partial charge in [0.05, 0.1) is 0 Å². The van der Waals surface area contributed by atoms with Gasteiger partial charge in [0.2, 0.25) is 0 Å². The molecule has 0 radical (unpaired) electrons. The summed E-state index contributed by atoms with van der Waals surface area (Å²) in [7, 11) is -4.45. The molecule has 0 aliphatic carbocycles. The van der Waals surface area contributed by atoms with Gasteiger partial charge < -0.3 is 14.7 Å². The number of halogens is 2. The van der Waals surface area contributed by atoms with E-state index in [0.717, 1.165) is 25.5 Å². The predicted molar refractivity (Wildman–Crippen MR) is 136 cm³/mol. The molecular formula is C25H31ClFN3O6S. The second-order valence-corrected chi connectivity index (χ2v) is 11.8. The van der Waals surface area contributed by atoms with Crippen LogP contribution in [0.1, 0.15) is 33.3 Å². The maximum absolute atomic E-state index is 13.2. The second-order valence-electron chi connectivity index (χ2n) is 9.67. The number of amides is 2. The summed E-state index contributed by atoms with van der Waals surface area (Å²) in [4.78, 5) is 28.5. The van der Waals surface area contributed by atoms with Gasteiger partial charge in [-0.25, -0.2) is 17.5 Å². The quantitative estimate of drug-likeness (QED) is 0.514. The van der Waals surface area contributed by atoms with Gasteiger partial charge in [-0.2, -0.15) is 0 Å². The largest absolute Gasteiger partial charge is 0.482 e. The third-order valence-electron chi connectivity index (χ3n) is 6.06. The molecule has 0 bridgehead atoms. The van der Waals surface area contributed by atoms with Crippen LogP contribution in [0.5, 0.6) is 5.75 Å². The van der Waals surface area contributed by atoms with Gasteiger partial charge >= 0.3 is 0 Å². The van der Waals surface area contributed by atoms with Crippen LogP contribution in [0.4, 0.5) is 4.39 Å². The van der Waals surface area contributed by atoms with Gasteiger partial charge in [0.25, 0.3) is 21.8 Å². The molecule has 0 unspecified atom stereocenters. The number of carbonyl (C=O) groups excluding carboxylic acids is 2. The number of sulfonamides is 1. The minimum absolute atomic E-state index is 0.0220. The van der Waals surface area contributed by atoms with Crippen molar-refractivity contribution in [2.45, 2.75) is 56.8 Å². The molecule has 202 valence electrons. The van der Waals surface area contributed by atoms with E-state index in [-0.39, 0.29) is 34.6 Å². The number of nitrogens with one attached hydrogen (secondary N) is 1. The van der Waals surface area contributed by atoms with Crippen LogP contribution in [0.25, 0.3) is 0 Å². The molecular weight excluding hydrogens is 525 g/mol. The van der Waals surface area contributed by atoms with Crippen LogP contribution in [-0.2, 0) is 26.2 Å². The minimum atomic E-state index is -4.45. The maximum Gasteiger partial charge on any atom is 0.267 e. The number of hydrogen-bond acceptors (Lipinski definition) is 7. The number of rotatable bonds is 8. The summed E-state index contributed by atoms with van der Waals surface area (Å²) in [6.45, 7) is 7.40. The molecule has 3 rings (SSSR count). The molecule has 2 aromatic carbocycles. The number of carbonyl (C=O) groups is 2. The zero-order valence-corrected chi connectivity index (χ0v) is 22.6. The topological polar surface area (TPSA) is 116 Å². The Balaban J connectivity index is 1.67. The van der Waals surface area contributed by atoms with Gasteiger partial charge in [0, 0.05) is 36.7 Å². The van der Waals surface area contributed by atoms with Gasteiger partial charge in [0.1, 0.15) is 22.1 Å². The van der Waals surface area contributed by atoms with Crippen LogP contribution < -0.4 is 9.46 Å². The van der Waals surface area contributed by atoms with Crippen molar-refractivity contribution in [3.63, 3.8) is 0 Å². The lowest BCUT2D eigenvalue weighted by Crippen LogP contribution is -2.58. The number of ether oxygens (including phenoxy) is 1. The molecule has 1 fully saturated rings. The van der Waals surface area contributed by atoms with Crippen molar-refractivity contribution in [1.29, 1.82) is 0 Å². The van der Waals surface area contributed by atoms with Gasteiger partial charge in [0.15, 0.2) is 6.61 Å². The van der Waals surface area contributed by atoms with Crippen LogP contribution in [0.15, 0.2) is 47.4 Å². The van der Waals surface area contributed by atoms with Crippen molar-refractivity contribution in [3.05, 3.63) is 58.9 Å². The molecule has 2 N–H and O–H groups in total. The van der Waals surface area contributed by atoms with Crippen molar-refractivity contribution >= 4 is 33.4 Å². The van der Waals surface area contributed by atoms with Crippen molar-refractivity contribution in [2.75, 3.05) is 19.7 Å². The summed E-state index contributed by atoms with van der Waals surface area (Å²) in [6.07, 6.45) is 0. The van der Waals surface area contributed by atoms with E-state index in [1.54, 1.807) is 21.8 Å². The standard InChI is InChI=1S/C25H31ClFN3O6S/c1-16-13-30(17(2)12-29(16)14-18-5-8-20(27)9-6-18)23(31)15-36-21-10-7-19(26)11-22(21)37(34,35)28-24(32)25(3,4)33/h5-11,16-17,33H,12-15H2,1-4H3,(H,28,32)/t16-,17+/m0/s1. The Hall–Kier alpha value is -2.73. The summed E-state index contributed by atoms with van der Waals surface area (Å²) in [5.74, 6) is -1.92. The van der Waals surface area contributed by atoms with Crippen molar-refractivity contribution in [1.82, 2.24) is 14.5 Å². The predicted octanol–water partition coefficient (Wildman–Crippen LogP) is 2.56. The van der Waals surface area contributed by atoms with E-state index in [4.69, 9.17) is 16.3 Å². The molecule has 2 atom stereocenters. The van der Waals surface area contributed by atoms with Gasteiger partial charge in [-0.15, -0.1) is 0 Å². The summed E-state index contributed by atoms with van der Waals surface area (Å²) >= 11 is 5.97. The van der Waals surface area contributed by atoms with Gasteiger partial charge in [-0.05, 0) is 63.6 Å². The second kappa shape index (κ2) is 11.3. The van der Waals surface area contributed by atoms with Crippen molar-refractivity contribution in [2.24, 2.45) is 0 Å². The number of hydrogen-bond donors (Lipinski definition) is 2. The molecule has 12 heteroatoms. The highest BCUT2D eigenvalue weighted by atomic mass is 35.5. The van der Waals surface area contributed by atoms with E-state index in [2.05, 4.69) is 4.90 Å². The highest BCUT2D eigenvalue weighted by molar-refractivity contribution is 7.90. The molecule has 0 saturated carbocycles. The molecule has 0 spiro atoms. The number of piperazine rings is 1. The molecule has 2 amide bonds. The lowest BCUT2D eigenvalue weighted by molar-refractivity contribution is -0.139. The van der Waals surface area contributed by atoms with E-state index in [1.807, 2.05) is 13.8 Å². The highest BCUT2D eigenvalue weighted by Crippen LogP contribution is 2.28. The van der Waals surface area contributed by atoms with Crippen LogP contribution >= 0.6 is 11.6 Å². The number of nitrogens with zero attached hydrogens (tertiary/aromatic N) is 2. The summed E-state index contributed by atoms with van der Waals surface area (Å²) < 4.78 is 46.2. The molecule has 9 nitrogen and oxygen atoms in total. The first-order valence-electron chi connectivity index (χ1n) is 11.7. The Morgan fingerprint density at radius 1 is 1.14 bits per heavy atom. The lowest BCUT2D eigenvalue weighted by atomic mass is 10.1. The molecule has 37 heavy (non-hydrogen) atoms. The van der Waals surface area contributed by atoms with E-state index < -0.39 is 33.0 Å². The normalized spacial score (nSPS) is 18.9. The van der Waals surface area contributed by atoms with Crippen molar-refractivity contribution in [3.8, 4) is 5.75 Å². The van der Waals surface area contributed by atoms with E-state index in [9.17, 15) is 27.5 Å². The minimum Gasteiger partial charge on any atom is -0.482 e. The number of aliphatic hydroxyl groups is 1. The van der Waals surface area contributed by atoms with Gasteiger partial charge in [-0.3, -0.25) is 14.5 Å².